The number of carbonyl (C=O) groups excluding carboxylic acids is 1. The molecule has 0 saturated heterocycles. The van der Waals surface area contributed by atoms with Crippen molar-refractivity contribution < 1.29 is 9.53 Å². The minimum absolute atomic E-state index is 0.342. The summed E-state index contributed by atoms with van der Waals surface area (Å²) in [6.45, 7) is 9.72. The van der Waals surface area contributed by atoms with Crippen molar-refractivity contribution in [2.75, 3.05) is 5.75 Å². The number of carbonyl (C=O) groups is 1. The van der Waals surface area contributed by atoms with Gasteiger partial charge >= 0.3 is 6.09 Å². The predicted molar refractivity (Wildman–Crippen MR) is 118 cm³/mol. The molecule has 0 fully saturated rings. The van der Waals surface area contributed by atoms with Gasteiger partial charge in [-0.05, 0) is 50.8 Å². The van der Waals surface area contributed by atoms with Crippen molar-refractivity contribution in [1.82, 2.24) is 20.2 Å². The van der Waals surface area contributed by atoms with E-state index in [-0.39, 0.29) is 6.04 Å². The number of alkyl carbamates (subject to hydrolysis) is 1. The molecule has 1 aliphatic heterocycles. The first-order valence-electron chi connectivity index (χ1n) is 9.54. The molecule has 0 radical (unpaired) electrons. The van der Waals surface area contributed by atoms with E-state index in [0.717, 1.165) is 20.9 Å². The Balaban J connectivity index is 1.90. The maximum Gasteiger partial charge on any atom is 0.408 e. The van der Waals surface area contributed by atoms with Crippen LogP contribution in [0.1, 0.15) is 58.5 Å². The highest BCUT2D eigenvalue weighted by Gasteiger charge is 2.28. The second kappa shape index (κ2) is 8.87. The number of halogens is 1. The summed E-state index contributed by atoms with van der Waals surface area (Å²) in [6.07, 6.45) is 0.228. The topological polar surface area (TPSA) is 81.4 Å². The van der Waals surface area contributed by atoms with E-state index in [4.69, 9.17) is 9.84 Å². The van der Waals surface area contributed by atoms with Crippen LogP contribution in [0.4, 0.5) is 4.79 Å². The molecule has 29 heavy (non-hydrogen) atoms. The molecule has 7 nitrogen and oxygen atoms in total. The number of hydrogen-bond donors (Lipinski definition) is 1. The summed E-state index contributed by atoms with van der Waals surface area (Å²) in [7, 11) is 0. The highest BCUT2D eigenvalue weighted by atomic mass is 79.9. The number of nitrogens with zero attached hydrogens (tertiary/aromatic N) is 4. The average Bonchev–Trinajstić information content (AvgIpc) is 3.03. The highest BCUT2D eigenvalue weighted by Crippen LogP contribution is 2.29. The lowest BCUT2D eigenvalue weighted by atomic mass is 10.0. The van der Waals surface area contributed by atoms with Gasteiger partial charge in [-0.1, -0.05) is 53.7 Å². The monoisotopic (exact) mass is 479 g/mol. The van der Waals surface area contributed by atoms with Gasteiger partial charge in [-0.25, -0.2) is 4.79 Å². The molecule has 1 aromatic carbocycles. The number of rotatable bonds is 5. The molecule has 3 rings (SSSR count). The molecule has 1 amide bonds. The van der Waals surface area contributed by atoms with Gasteiger partial charge in [0.05, 0.1) is 11.8 Å². The van der Waals surface area contributed by atoms with E-state index < -0.39 is 11.7 Å². The van der Waals surface area contributed by atoms with Gasteiger partial charge in [0.15, 0.2) is 5.82 Å². The SMILES string of the molecule is CC(C)CC(NC(=O)OC(C)(C)C)c1nnc2n1N=C(c1ccc(Br)cc1)CS2. The van der Waals surface area contributed by atoms with Crippen LogP contribution in [-0.2, 0) is 4.74 Å². The van der Waals surface area contributed by atoms with E-state index >= 15 is 0 Å². The molecule has 156 valence electrons. The van der Waals surface area contributed by atoms with E-state index in [1.165, 1.54) is 0 Å². The summed E-state index contributed by atoms with van der Waals surface area (Å²) in [4.78, 5) is 12.4. The molecular weight excluding hydrogens is 454 g/mol. The zero-order valence-corrected chi connectivity index (χ0v) is 19.7. The lowest BCUT2D eigenvalue weighted by Gasteiger charge is -2.24. The summed E-state index contributed by atoms with van der Waals surface area (Å²) in [5.74, 6) is 1.67. The Morgan fingerprint density at radius 1 is 1.28 bits per heavy atom. The fourth-order valence-corrected chi connectivity index (χ4v) is 4.00. The third kappa shape index (κ3) is 5.82. The molecule has 1 unspecified atom stereocenters. The molecule has 0 bridgehead atoms. The van der Waals surface area contributed by atoms with E-state index in [1.54, 1.807) is 16.4 Å². The molecule has 1 N–H and O–H groups in total. The highest BCUT2D eigenvalue weighted by molar-refractivity contribution is 9.10. The third-order valence-corrected chi connectivity index (χ3v) is 5.54. The summed E-state index contributed by atoms with van der Waals surface area (Å²) in [5, 5.41) is 17.1. The van der Waals surface area contributed by atoms with E-state index in [0.29, 0.717) is 23.9 Å². The number of benzene rings is 1. The van der Waals surface area contributed by atoms with Crippen LogP contribution in [-0.4, -0.2) is 38.0 Å². The zero-order valence-electron chi connectivity index (χ0n) is 17.3. The number of amides is 1. The van der Waals surface area contributed by atoms with Crippen molar-refractivity contribution in [3.63, 3.8) is 0 Å². The van der Waals surface area contributed by atoms with Crippen LogP contribution in [0.5, 0.6) is 0 Å². The number of ether oxygens (including phenoxy) is 1. The number of fused-ring (bicyclic) bond motifs is 1. The fraction of sp³-hybridized carbons (Fsp3) is 0.500. The van der Waals surface area contributed by atoms with E-state index in [2.05, 4.69) is 45.3 Å². The van der Waals surface area contributed by atoms with E-state index in [1.807, 2.05) is 45.0 Å². The van der Waals surface area contributed by atoms with Crippen LogP contribution < -0.4 is 5.32 Å². The predicted octanol–water partition coefficient (Wildman–Crippen LogP) is 5.01. The second-order valence-electron chi connectivity index (χ2n) is 8.32. The summed E-state index contributed by atoms with van der Waals surface area (Å²) in [5.41, 5.74) is 1.42. The number of nitrogens with one attached hydrogen (secondary N) is 1. The van der Waals surface area contributed by atoms with Crippen LogP contribution >= 0.6 is 27.7 Å². The fourth-order valence-electron chi connectivity index (χ4n) is 2.89. The van der Waals surface area contributed by atoms with Crippen LogP contribution in [0, 0.1) is 5.92 Å². The third-order valence-electron chi connectivity index (χ3n) is 4.08. The van der Waals surface area contributed by atoms with Crippen molar-refractivity contribution in [3.05, 3.63) is 40.1 Å². The molecule has 0 aliphatic carbocycles. The molecule has 9 heteroatoms. The van der Waals surface area contributed by atoms with Crippen LogP contribution in [0.15, 0.2) is 39.0 Å². The number of thioether (sulfide) groups is 1. The van der Waals surface area contributed by atoms with Gasteiger partial charge in [-0.15, -0.1) is 10.2 Å². The largest absolute Gasteiger partial charge is 0.444 e. The summed E-state index contributed by atoms with van der Waals surface area (Å²) >= 11 is 5.05. The standard InChI is InChI=1S/C20H26BrN5O2S/c1-12(2)10-15(22-19(27)28-20(3,4)5)17-23-24-18-26(17)25-16(11-29-18)13-6-8-14(21)9-7-13/h6-9,12,15H,10-11H2,1-5H3,(H,22,27). The lowest BCUT2D eigenvalue weighted by Crippen LogP contribution is -2.36. The molecule has 2 aromatic rings. The van der Waals surface area contributed by atoms with Gasteiger partial charge in [-0.2, -0.15) is 9.78 Å². The van der Waals surface area contributed by atoms with Crippen LogP contribution in [0.25, 0.3) is 0 Å². The van der Waals surface area contributed by atoms with Crippen LogP contribution in [0.3, 0.4) is 0 Å². The second-order valence-corrected chi connectivity index (χ2v) is 10.2. The molecule has 1 atom stereocenters. The maximum atomic E-state index is 12.4. The van der Waals surface area contributed by atoms with Gasteiger partial charge < -0.3 is 10.1 Å². The first kappa shape index (κ1) is 21.8. The van der Waals surface area contributed by atoms with Gasteiger partial charge in [0.25, 0.3) is 0 Å². The smallest absolute Gasteiger partial charge is 0.408 e. The molecule has 1 aromatic heterocycles. The Morgan fingerprint density at radius 3 is 2.59 bits per heavy atom. The summed E-state index contributed by atoms with van der Waals surface area (Å²) in [6, 6.07) is 7.71. The lowest BCUT2D eigenvalue weighted by molar-refractivity contribution is 0.0494. The Bertz CT molecular complexity index is 903. The first-order chi connectivity index (χ1) is 13.6. The van der Waals surface area contributed by atoms with Crippen molar-refractivity contribution in [2.24, 2.45) is 11.0 Å². The normalized spacial score (nSPS) is 14.9. The Hall–Kier alpha value is -1.87. The number of aromatic nitrogens is 3. The molecule has 0 saturated carbocycles. The average molecular weight is 480 g/mol. The van der Waals surface area contributed by atoms with Crippen LogP contribution in [0.2, 0.25) is 0 Å². The number of hydrogen-bond acceptors (Lipinski definition) is 6. The molecule has 2 heterocycles. The van der Waals surface area contributed by atoms with Gasteiger partial charge in [0.1, 0.15) is 5.60 Å². The Morgan fingerprint density at radius 2 is 1.97 bits per heavy atom. The molecule has 1 aliphatic rings. The zero-order chi connectivity index (χ0) is 21.2. The van der Waals surface area contributed by atoms with Crippen molar-refractivity contribution in [1.29, 1.82) is 0 Å². The van der Waals surface area contributed by atoms with Gasteiger partial charge in [0, 0.05) is 10.2 Å². The quantitative estimate of drug-likeness (QED) is 0.651. The molecule has 0 spiro atoms. The minimum atomic E-state index is -0.570. The van der Waals surface area contributed by atoms with Crippen molar-refractivity contribution in [2.45, 2.75) is 57.8 Å². The van der Waals surface area contributed by atoms with Crippen molar-refractivity contribution >= 4 is 39.5 Å². The van der Waals surface area contributed by atoms with Crippen molar-refractivity contribution in [3.8, 4) is 0 Å². The molecular formula is C20H26BrN5O2S. The van der Waals surface area contributed by atoms with Gasteiger partial charge in [0.2, 0.25) is 5.16 Å². The van der Waals surface area contributed by atoms with Gasteiger partial charge in [-0.3, -0.25) is 0 Å². The first-order valence-corrected chi connectivity index (χ1v) is 11.3. The van der Waals surface area contributed by atoms with E-state index in [9.17, 15) is 4.79 Å². The summed E-state index contributed by atoms with van der Waals surface area (Å²) < 4.78 is 8.21. The Kier molecular flexibility index (Phi) is 6.68. The minimum Gasteiger partial charge on any atom is -0.444 e. The Labute approximate surface area is 183 Å². The maximum absolute atomic E-state index is 12.4.